The molecule has 1 fully saturated rings. The van der Waals surface area contributed by atoms with Gasteiger partial charge in [0.2, 0.25) is 5.91 Å². The standard InChI is InChI=1S/C16H33N5OS.HI/c1-16(2,23-4)12-20-15(18-3)19-8-6-10-21-9-5-7-13(11-21)14(17)22;/h13H,5-12H2,1-4H3,(H2,17,22)(H2,18,19,20);1H. The van der Waals surface area contributed by atoms with Gasteiger partial charge in [0.15, 0.2) is 5.96 Å². The first-order chi connectivity index (χ1) is 10.9. The van der Waals surface area contributed by atoms with Crippen LogP contribution in [0.1, 0.15) is 33.1 Å². The number of thioether (sulfide) groups is 1. The third-order valence-corrected chi connectivity index (χ3v) is 5.56. The van der Waals surface area contributed by atoms with Crippen LogP contribution in [0.3, 0.4) is 0 Å². The minimum Gasteiger partial charge on any atom is -0.369 e. The molecule has 0 aromatic carbocycles. The van der Waals surface area contributed by atoms with Gasteiger partial charge < -0.3 is 21.3 Å². The second-order valence-electron chi connectivity index (χ2n) is 6.71. The van der Waals surface area contributed by atoms with Crippen LogP contribution in [-0.4, -0.2) is 67.5 Å². The minimum absolute atomic E-state index is 0. The van der Waals surface area contributed by atoms with Gasteiger partial charge in [-0.2, -0.15) is 11.8 Å². The number of primary amides is 1. The summed E-state index contributed by atoms with van der Waals surface area (Å²) in [5, 5.41) is 6.72. The highest BCUT2D eigenvalue weighted by atomic mass is 127. The van der Waals surface area contributed by atoms with Crippen LogP contribution in [0.2, 0.25) is 0 Å². The highest BCUT2D eigenvalue weighted by Gasteiger charge is 2.23. The van der Waals surface area contributed by atoms with E-state index in [0.29, 0.717) is 0 Å². The zero-order valence-electron chi connectivity index (χ0n) is 15.4. The molecule has 1 aliphatic rings. The molecule has 0 spiro atoms. The SMILES string of the molecule is CN=C(NCCCN1CCCC(C(N)=O)C1)NCC(C)(C)SC.I. The Bertz CT molecular complexity index is 406. The number of piperidine rings is 1. The van der Waals surface area contributed by atoms with Crippen LogP contribution in [-0.2, 0) is 4.79 Å². The van der Waals surface area contributed by atoms with E-state index in [1.807, 2.05) is 11.8 Å². The van der Waals surface area contributed by atoms with Crippen molar-refractivity contribution in [2.75, 3.05) is 46.0 Å². The number of rotatable bonds is 8. The molecule has 1 rings (SSSR count). The molecule has 0 saturated carbocycles. The van der Waals surface area contributed by atoms with Crippen LogP contribution in [0.25, 0.3) is 0 Å². The summed E-state index contributed by atoms with van der Waals surface area (Å²) in [5.74, 6) is 0.717. The van der Waals surface area contributed by atoms with Crippen molar-refractivity contribution in [3.63, 3.8) is 0 Å². The van der Waals surface area contributed by atoms with Gasteiger partial charge in [-0.05, 0) is 52.5 Å². The fourth-order valence-corrected chi connectivity index (χ4v) is 2.81. The molecule has 1 heterocycles. The number of nitrogens with one attached hydrogen (secondary N) is 2. The zero-order valence-corrected chi connectivity index (χ0v) is 18.6. The van der Waals surface area contributed by atoms with Gasteiger partial charge in [-0.3, -0.25) is 9.79 Å². The first-order valence-corrected chi connectivity index (χ1v) is 9.62. The van der Waals surface area contributed by atoms with Crippen LogP contribution in [0, 0.1) is 5.92 Å². The molecule has 1 atom stereocenters. The second kappa shape index (κ2) is 12.2. The van der Waals surface area contributed by atoms with E-state index in [1.54, 1.807) is 7.05 Å². The van der Waals surface area contributed by atoms with Gasteiger partial charge in [-0.25, -0.2) is 0 Å². The quantitative estimate of drug-likeness (QED) is 0.216. The molecule has 1 unspecified atom stereocenters. The zero-order chi connectivity index (χ0) is 17.3. The molecule has 1 saturated heterocycles. The number of amides is 1. The van der Waals surface area contributed by atoms with Crippen LogP contribution < -0.4 is 16.4 Å². The number of hydrogen-bond donors (Lipinski definition) is 3. The van der Waals surface area contributed by atoms with E-state index in [1.165, 1.54) is 0 Å². The predicted molar refractivity (Wildman–Crippen MR) is 115 cm³/mol. The van der Waals surface area contributed by atoms with Crippen molar-refractivity contribution in [1.29, 1.82) is 0 Å². The van der Waals surface area contributed by atoms with Gasteiger partial charge in [0, 0.05) is 31.4 Å². The lowest BCUT2D eigenvalue weighted by atomic mass is 9.97. The first-order valence-electron chi connectivity index (χ1n) is 8.39. The molecule has 0 aromatic heterocycles. The van der Waals surface area contributed by atoms with Gasteiger partial charge in [-0.15, -0.1) is 24.0 Å². The van der Waals surface area contributed by atoms with E-state index in [4.69, 9.17) is 5.73 Å². The number of carbonyl (C=O) groups is 1. The van der Waals surface area contributed by atoms with Crippen molar-refractivity contribution in [2.24, 2.45) is 16.6 Å². The molecule has 4 N–H and O–H groups in total. The Morgan fingerprint density at radius 1 is 1.42 bits per heavy atom. The third-order valence-electron chi connectivity index (χ3n) is 4.31. The molecule has 0 aromatic rings. The number of halogens is 1. The van der Waals surface area contributed by atoms with Crippen molar-refractivity contribution >= 4 is 47.6 Å². The van der Waals surface area contributed by atoms with Crippen molar-refractivity contribution in [2.45, 2.75) is 37.9 Å². The number of nitrogens with zero attached hydrogens (tertiary/aromatic N) is 2. The average molecular weight is 471 g/mol. The van der Waals surface area contributed by atoms with Gasteiger partial charge in [0.05, 0.1) is 5.92 Å². The number of carbonyl (C=O) groups excluding carboxylic acids is 1. The Morgan fingerprint density at radius 3 is 2.71 bits per heavy atom. The lowest BCUT2D eigenvalue weighted by molar-refractivity contribution is -0.123. The van der Waals surface area contributed by atoms with E-state index in [9.17, 15) is 4.79 Å². The summed E-state index contributed by atoms with van der Waals surface area (Å²) in [6.07, 6.45) is 5.15. The van der Waals surface area contributed by atoms with Crippen molar-refractivity contribution in [3.8, 4) is 0 Å². The molecule has 142 valence electrons. The second-order valence-corrected chi connectivity index (χ2v) is 8.23. The van der Waals surface area contributed by atoms with E-state index in [2.05, 4.69) is 40.6 Å². The average Bonchev–Trinajstić information content (AvgIpc) is 2.54. The Balaban J connectivity index is 0.00000529. The largest absolute Gasteiger partial charge is 0.369 e. The fourth-order valence-electron chi connectivity index (χ4n) is 2.59. The van der Waals surface area contributed by atoms with Crippen LogP contribution in [0.5, 0.6) is 0 Å². The third kappa shape index (κ3) is 9.31. The van der Waals surface area contributed by atoms with Gasteiger partial charge in [-0.1, -0.05) is 0 Å². The summed E-state index contributed by atoms with van der Waals surface area (Å²) in [5.41, 5.74) is 5.42. The van der Waals surface area contributed by atoms with E-state index < -0.39 is 0 Å². The number of guanidine groups is 1. The maximum absolute atomic E-state index is 11.3. The maximum atomic E-state index is 11.3. The Morgan fingerprint density at radius 2 is 2.12 bits per heavy atom. The highest BCUT2D eigenvalue weighted by Crippen LogP contribution is 2.19. The molecule has 24 heavy (non-hydrogen) atoms. The Hall–Kier alpha value is -0.220. The molecule has 0 radical (unpaired) electrons. The number of nitrogens with two attached hydrogens (primary N) is 1. The maximum Gasteiger partial charge on any atom is 0.221 e. The Kier molecular flexibility index (Phi) is 12.1. The summed E-state index contributed by atoms with van der Waals surface area (Å²) < 4.78 is 0.190. The smallest absolute Gasteiger partial charge is 0.221 e. The lowest BCUT2D eigenvalue weighted by Gasteiger charge is -2.31. The number of hydrogen-bond acceptors (Lipinski definition) is 4. The number of aliphatic imine (C=N–C) groups is 1. The number of likely N-dealkylation sites (tertiary alicyclic amines) is 1. The molecule has 1 aliphatic heterocycles. The molecular weight excluding hydrogens is 437 g/mol. The molecule has 6 nitrogen and oxygen atoms in total. The molecule has 0 bridgehead atoms. The lowest BCUT2D eigenvalue weighted by Crippen LogP contribution is -2.45. The van der Waals surface area contributed by atoms with Crippen LogP contribution >= 0.6 is 35.7 Å². The summed E-state index contributed by atoms with van der Waals surface area (Å²) in [4.78, 5) is 17.9. The van der Waals surface area contributed by atoms with E-state index in [0.717, 1.165) is 57.9 Å². The summed E-state index contributed by atoms with van der Waals surface area (Å²) in [7, 11) is 1.80. The fraction of sp³-hybridized carbons (Fsp3) is 0.875. The van der Waals surface area contributed by atoms with Crippen molar-refractivity contribution in [1.82, 2.24) is 15.5 Å². The van der Waals surface area contributed by atoms with Crippen molar-refractivity contribution in [3.05, 3.63) is 0 Å². The van der Waals surface area contributed by atoms with E-state index in [-0.39, 0.29) is 40.5 Å². The normalized spacial score (nSPS) is 19.5. The minimum atomic E-state index is -0.158. The molecule has 0 aliphatic carbocycles. The summed E-state index contributed by atoms with van der Waals surface area (Å²) in [6, 6.07) is 0. The summed E-state index contributed by atoms with van der Waals surface area (Å²) >= 11 is 1.84. The highest BCUT2D eigenvalue weighted by molar-refractivity contribution is 14.0. The molecular formula is C16H34IN5OS. The monoisotopic (exact) mass is 471 g/mol. The Labute approximate surface area is 168 Å². The topological polar surface area (TPSA) is 82.8 Å². The first kappa shape index (κ1) is 23.8. The van der Waals surface area contributed by atoms with Gasteiger partial charge in [0.1, 0.15) is 0 Å². The van der Waals surface area contributed by atoms with Gasteiger partial charge >= 0.3 is 0 Å². The van der Waals surface area contributed by atoms with Crippen LogP contribution in [0.15, 0.2) is 4.99 Å². The van der Waals surface area contributed by atoms with Gasteiger partial charge in [0.25, 0.3) is 0 Å². The summed E-state index contributed by atoms with van der Waals surface area (Å²) in [6.45, 7) is 9.04. The van der Waals surface area contributed by atoms with Crippen LogP contribution in [0.4, 0.5) is 0 Å². The van der Waals surface area contributed by atoms with Crippen molar-refractivity contribution < 1.29 is 4.79 Å². The molecule has 1 amide bonds. The molecule has 8 heteroatoms. The predicted octanol–water partition coefficient (Wildman–Crippen LogP) is 1.50. The van der Waals surface area contributed by atoms with E-state index >= 15 is 0 Å².